The molecule has 1 unspecified atom stereocenters. The van der Waals surface area contributed by atoms with Gasteiger partial charge in [-0.1, -0.05) is 48.5 Å². The largest absolute Gasteiger partial charge is 0.464 e. The molecule has 0 spiro atoms. The highest BCUT2D eigenvalue weighted by Crippen LogP contribution is 2.31. The number of cyclic esters (lactones) is 1. The van der Waals surface area contributed by atoms with Gasteiger partial charge in [0.2, 0.25) is 0 Å². The highest BCUT2D eigenvalue weighted by molar-refractivity contribution is 7.97. The van der Waals surface area contributed by atoms with Gasteiger partial charge in [0.05, 0.1) is 30.7 Å². The van der Waals surface area contributed by atoms with Gasteiger partial charge in [0.15, 0.2) is 14.7 Å². The first-order valence-electron chi connectivity index (χ1n) is 11.1. The summed E-state index contributed by atoms with van der Waals surface area (Å²) in [5.74, 6) is -0.598. The molecule has 1 aliphatic heterocycles. The van der Waals surface area contributed by atoms with E-state index in [-0.39, 0.29) is 35.4 Å². The van der Waals surface area contributed by atoms with Crippen molar-refractivity contribution in [3.63, 3.8) is 0 Å². The second-order valence-corrected chi connectivity index (χ2v) is 9.96. The van der Waals surface area contributed by atoms with E-state index < -0.39 is 0 Å². The first-order valence-corrected chi connectivity index (χ1v) is 12.3. The summed E-state index contributed by atoms with van der Waals surface area (Å²) < 4.78 is 10.4. The summed E-state index contributed by atoms with van der Waals surface area (Å²) in [6.07, 6.45) is 1.26. The van der Waals surface area contributed by atoms with Gasteiger partial charge in [0, 0.05) is 12.8 Å². The van der Waals surface area contributed by atoms with E-state index in [0.29, 0.717) is 26.1 Å². The van der Waals surface area contributed by atoms with Gasteiger partial charge in [0.25, 0.3) is 0 Å². The summed E-state index contributed by atoms with van der Waals surface area (Å²) in [6.45, 7) is 0.800. The van der Waals surface area contributed by atoms with E-state index in [9.17, 15) is 9.59 Å². The third kappa shape index (κ3) is 6.03. The average Bonchev–Trinajstić information content (AvgIpc) is 3.28. The normalized spacial score (nSPS) is 15.6. The van der Waals surface area contributed by atoms with Crippen LogP contribution in [-0.2, 0) is 36.4 Å². The van der Waals surface area contributed by atoms with Crippen molar-refractivity contribution >= 4 is 22.8 Å². The summed E-state index contributed by atoms with van der Waals surface area (Å²) in [7, 11) is 1.57. The fraction of sp³-hybridized carbons (Fsp3) is 0.259. The fourth-order valence-corrected chi connectivity index (χ4v) is 5.92. The van der Waals surface area contributed by atoms with E-state index in [1.54, 1.807) is 11.9 Å². The Labute approximate surface area is 197 Å². The molecule has 33 heavy (non-hydrogen) atoms. The number of carbonyl (C=O) groups is 2. The van der Waals surface area contributed by atoms with Crippen molar-refractivity contribution in [1.29, 1.82) is 0 Å². The predicted molar refractivity (Wildman–Crippen MR) is 128 cm³/mol. The second kappa shape index (κ2) is 11.2. The zero-order valence-electron chi connectivity index (χ0n) is 18.7. The molecule has 0 bridgehead atoms. The molecule has 6 heteroatoms. The number of hydrogen-bond acceptors (Lipinski definition) is 5. The zero-order valence-corrected chi connectivity index (χ0v) is 19.5. The molecule has 1 aliphatic rings. The second-order valence-electron chi connectivity index (χ2n) is 7.93. The Balaban J connectivity index is 1.34. The van der Waals surface area contributed by atoms with Gasteiger partial charge in [0.1, 0.15) is 6.04 Å². The molecule has 0 N–H and O–H groups in total. The third-order valence-electron chi connectivity index (χ3n) is 5.59. The van der Waals surface area contributed by atoms with Crippen LogP contribution in [0.15, 0.2) is 99.6 Å². The highest BCUT2D eigenvalue weighted by Gasteiger charge is 2.31. The maximum Gasteiger partial charge on any atom is 0.323 e. The molecule has 3 aromatic carbocycles. The minimum atomic E-state index is -0.354. The molecule has 1 fully saturated rings. The first-order chi connectivity index (χ1) is 16.1. The van der Waals surface area contributed by atoms with Crippen LogP contribution in [-0.4, -0.2) is 49.7 Å². The molecule has 0 saturated carbocycles. The van der Waals surface area contributed by atoms with E-state index in [2.05, 4.69) is 72.8 Å². The Hall–Kier alpha value is -3.09. The van der Waals surface area contributed by atoms with Crippen molar-refractivity contribution in [1.82, 2.24) is 4.90 Å². The monoisotopic (exact) mass is 462 g/mol. The molecule has 1 heterocycles. The molecule has 0 radical (unpaired) electrons. The Morgan fingerprint density at radius 3 is 2.06 bits per heavy atom. The molecule has 1 saturated heterocycles. The van der Waals surface area contributed by atoms with E-state index in [0.717, 1.165) is 5.56 Å². The van der Waals surface area contributed by atoms with Crippen molar-refractivity contribution in [2.75, 3.05) is 26.8 Å². The van der Waals surface area contributed by atoms with E-state index in [1.807, 2.05) is 12.1 Å². The van der Waals surface area contributed by atoms with Crippen molar-refractivity contribution in [2.24, 2.45) is 0 Å². The molecule has 0 aliphatic carbocycles. The number of esters is 2. The highest BCUT2D eigenvalue weighted by atomic mass is 32.2. The Kier molecular flexibility index (Phi) is 7.81. The number of benzene rings is 3. The van der Waals surface area contributed by atoms with Gasteiger partial charge < -0.3 is 9.47 Å². The van der Waals surface area contributed by atoms with Crippen LogP contribution in [0.2, 0.25) is 0 Å². The molecule has 4 rings (SSSR count). The minimum absolute atomic E-state index is 0.0790. The van der Waals surface area contributed by atoms with E-state index in [1.165, 1.54) is 14.7 Å². The van der Waals surface area contributed by atoms with Gasteiger partial charge in [-0.15, -0.1) is 0 Å². The summed E-state index contributed by atoms with van der Waals surface area (Å²) in [5, 5.41) is 0. The topological polar surface area (TPSA) is 55.8 Å². The number of ether oxygens (including phenoxy) is 2. The SMILES string of the molecule is CN(CC(=O)OCCc1ccc([S+](c2ccccc2)c2ccccc2)cc1)C1CCOC1=O. The number of nitrogens with zero attached hydrogens (tertiary/aromatic N) is 1. The zero-order chi connectivity index (χ0) is 23.0. The summed E-state index contributed by atoms with van der Waals surface area (Å²) >= 11 is 0. The van der Waals surface area contributed by atoms with Gasteiger partial charge in [-0.3, -0.25) is 14.5 Å². The van der Waals surface area contributed by atoms with E-state index in [4.69, 9.17) is 9.47 Å². The Morgan fingerprint density at radius 2 is 1.52 bits per heavy atom. The third-order valence-corrected chi connectivity index (χ3v) is 7.82. The van der Waals surface area contributed by atoms with Crippen LogP contribution >= 0.6 is 0 Å². The lowest BCUT2D eigenvalue weighted by Gasteiger charge is -2.19. The molecular weight excluding hydrogens is 434 g/mol. The van der Waals surface area contributed by atoms with Crippen LogP contribution in [0.1, 0.15) is 12.0 Å². The lowest BCUT2D eigenvalue weighted by molar-refractivity contribution is -0.147. The van der Waals surface area contributed by atoms with Crippen LogP contribution in [0.3, 0.4) is 0 Å². The van der Waals surface area contributed by atoms with Crippen LogP contribution in [0, 0.1) is 0 Å². The maximum absolute atomic E-state index is 12.1. The Morgan fingerprint density at radius 1 is 0.939 bits per heavy atom. The van der Waals surface area contributed by atoms with Gasteiger partial charge >= 0.3 is 11.9 Å². The van der Waals surface area contributed by atoms with Crippen molar-refractivity contribution in [3.8, 4) is 0 Å². The summed E-state index contributed by atoms with van der Waals surface area (Å²) in [4.78, 5) is 29.3. The molecule has 0 amide bonds. The average molecular weight is 463 g/mol. The van der Waals surface area contributed by atoms with Gasteiger partial charge in [-0.2, -0.15) is 0 Å². The lowest BCUT2D eigenvalue weighted by Crippen LogP contribution is -2.39. The number of rotatable bonds is 9. The number of carbonyl (C=O) groups excluding carboxylic acids is 2. The maximum atomic E-state index is 12.1. The van der Waals surface area contributed by atoms with Gasteiger partial charge in [-0.25, -0.2) is 0 Å². The molecule has 0 aromatic heterocycles. The van der Waals surface area contributed by atoms with E-state index >= 15 is 0 Å². The van der Waals surface area contributed by atoms with Crippen LogP contribution in [0.25, 0.3) is 0 Å². The van der Waals surface area contributed by atoms with Crippen LogP contribution < -0.4 is 0 Å². The van der Waals surface area contributed by atoms with Crippen LogP contribution in [0.5, 0.6) is 0 Å². The van der Waals surface area contributed by atoms with Crippen molar-refractivity contribution in [3.05, 3.63) is 90.5 Å². The molecule has 1 atom stereocenters. The summed E-state index contributed by atoms with van der Waals surface area (Å²) in [6, 6.07) is 29.3. The van der Waals surface area contributed by atoms with Crippen molar-refractivity contribution in [2.45, 2.75) is 33.6 Å². The molecule has 170 valence electrons. The minimum Gasteiger partial charge on any atom is -0.464 e. The Bertz CT molecular complexity index is 1020. The van der Waals surface area contributed by atoms with Crippen molar-refractivity contribution < 1.29 is 19.1 Å². The fourth-order valence-electron chi connectivity index (χ4n) is 3.84. The number of likely N-dealkylation sites (N-methyl/N-ethyl adjacent to an activating group) is 1. The smallest absolute Gasteiger partial charge is 0.323 e. The summed E-state index contributed by atoms with van der Waals surface area (Å²) in [5.41, 5.74) is 1.11. The van der Waals surface area contributed by atoms with Gasteiger partial charge in [-0.05, 0) is 49.0 Å². The quantitative estimate of drug-likeness (QED) is 0.354. The molecular formula is C27H28NO4S+. The molecule has 5 nitrogen and oxygen atoms in total. The predicted octanol–water partition coefficient (Wildman–Crippen LogP) is 4.12. The lowest BCUT2D eigenvalue weighted by atomic mass is 10.2. The molecule has 3 aromatic rings. The number of hydrogen-bond donors (Lipinski definition) is 0. The standard InChI is InChI=1S/C27H28NO4S/c1-28(25-17-19-32-27(25)30)20-26(29)31-18-16-21-12-14-24(15-13-21)33(22-8-4-2-5-9-22)23-10-6-3-7-11-23/h2-15,25H,16-20H2,1H3/q+1. The van der Waals surface area contributed by atoms with Crippen LogP contribution in [0.4, 0.5) is 0 Å². The first kappa shape index (κ1) is 23.1.